The second-order valence-corrected chi connectivity index (χ2v) is 8.37. The van der Waals surface area contributed by atoms with E-state index in [-0.39, 0.29) is 18.1 Å². The Balaban J connectivity index is 1.82. The smallest absolute Gasteiger partial charge is 0.170 e. The van der Waals surface area contributed by atoms with Crippen molar-refractivity contribution in [1.29, 1.82) is 0 Å². The summed E-state index contributed by atoms with van der Waals surface area (Å²) in [7, 11) is 1.69. The maximum atomic E-state index is 5.74. The molecule has 6 heteroatoms. The van der Waals surface area contributed by atoms with Gasteiger partial charge in [0.15, 0.2) is 5.11 Å². The van der Waals surface area contributed by atoms with E-state index in [2.05, 4.69) is 71.7 Å². The Bertz CT molecular complexity index is 1040. The highest BCUT2D eigenvalue weighted by Gasteiger charge is 2.42. The number of benzene rings is 1. The molecule has 1 saturated heterocycles. The van der Waals surface area contributed by atoms with Crippen LogP contribution in [0.3, 0.4) is 0 Å². The van der Waals surface area contributed by atoms with Gasteiger partial charge in [-0.25, -0.2) is 0 Å². The Morgan fingerprint density at radius 2 is 1.83 bits per heavy atom. The molecule has 1 aliphatic rings. The second kappa shape index (κ2) is 8.11. The van der Waals surface area contributed by atoms with Gasteiger partial charge in [0, 0.05) is 29.3 Å². The zero-order valence-electron chi connectivity index (χ0n) is 18.1. The van der Waals surface area contributed by atoms with Crippen LogP contribution in [-0.4, -0.2) is 32.7 Å². The van der Waals surface area contributed by atoms with Crippen molar-refractivity contribution < 1.29 is 4.74 Å². The third kappa shape index (κ3) is 3.45. The number of methoxy groups -OCH3 is 1. The van der Waals surface area contributed by atoms with Crippen LogP contribution >= 0.6 is 12.2 Å². The third-order valence-electron chi connectivity index (χ3n) is 5.81. The Hall–Kier alpha value is -2.86. The predicted octanol–water partition coefficient (Wildman–Crippen LogP) is 4.88. The summed E-state index contributed by atoms with van der Waals surface area (Å²) in [6.07, 6.45) is 1.84. The third-order valence-corrected chi connectivity index (χ3v) is 6.14. The molecule has 0 saturated carbocycles. The molecule has 4 rings (SSSR count). The summed E-state index contributed by atoms with van der Waals surface area (Å²) < 4.78 is 7.62. The van der Waals surface area contributed by atoms with Crippen LogP contribution in [0, 0.1) is 13.8 Å². The zero-order valence-corrected chi connectivity index (χ0v) is 18.9. The number of pyridine rings is 1. The number of ether oxygens (including phenoxy) is 1. The van der Waals surface area contributed by atoms with Crippen molar-refractivity contribution >= 4 is 17.3 Å². The van der Waals surface area contributed by atoms with Gasteiger partial charge in [-0.05, 0) is 87.9 Å². The van der Waals surface area contributed by atoms with Gasteiger partial charge in [-0.3, -0.25) is 4.98 Å². The average Bonchev–Trinajstić information content (AvgIpc) is 3.24. The molecule has 0 bridgehead atoms. The molecular weight excluding hydrogens is 392 g/mol. The van der Waals surface area contributed by atoms with E-state index in [9.17, 15) is 0 Å². The Kier molecular flexibility index (Phi) is 5.52. The van der Waals surface area contributed by atoms with Crippen molar-refractivity contribution in [2.24, 2.45) is 0 Å². The highest BCUT2D eigenvalue weighted by Crippen LogP contribution is 2.42. The maximum absolute atomic E-state index is 5.74. The fourth-order valence-electron chi connectivity index (χ4n) is 4.47. The van der Waals surface area contributed by atoms with E-state index < -0.39 is 0 Å². The van der Waals surface area contributed by atoms with Gasteiger partial charge in [0.05, 0.1) is 24.9 Å². The lowest BCUT2D eigenvalue weighted by atomic mass is 9.96. The number of nitrogens with one attached hydrogen (secondary N) is 1. The molecule has 0 spiro atoms. The van der Waals surface area contributed by atoms with Crippen LogP contribution in [0.5, 0.6) is 5.75 Å². The largest absolute Gasteiger partial charge is 0.497 e. The summed E-state index contributed by atoms with van der Waals surface area (Å²) in [5, 5.41) is 4.31. The Labute approximate surface area is 183 Å². The number of thiocarbonyl (C=S) groups is 1. The molecule has 2 aromatic heterocycles. The van der Waals surface area contributed by atoms with E-state index in [1.807, 2.05) is 30.5 Å². The molecule has 3 heterocycles. The van der Waals surface area contributed by atoms with Gasteiger partial charge in [-0.1, -0.05) is 6.07 Å². The summed E-state index contributed by atoms with van der Waals surface area (Å²) in [6, 6.07) is 16.9. The molecule has 0 unspecified atom stereocenters. The van der Waals surface area contributed by atoms with Crippen LogP contribution < -0.4 is 10.1 Å². The minimum absolute atomic E-state index is 0.00548. The first-order valence-electron chi connectivity index (χ1n) is 10.3. The lowest BCUT2D eigenvalue weighted by Crippen LogP contribution is -2.35. The summed E-state index contributed by atoms with van der Waals surface area (Å²) in [6.45, 7) is 8.70. The van der Waals surface area contributed by atoms with E-state index in [1.165, 1.54) is 17.0 Å². The Morgan fingerprint density at radius 3 is 2.43 bits per heavy atom. The van der Waals surface area contributed by atoms with E-state index in [4.69, 9.17) is 17.0 Å². The van der Waals surface area contributed by atoms with Crippen molar-refractivity contribution in [3.05, 3.63) is 77.4 Å². The standard InChI is InChI=1S/C24H28N4OS/c1-15(2)27-23(22(26-24(27)30)21-8-6-7-13-25-21)20-14-16(3)28(17(20)4)18-9-11-19(29-5)12-10-18/h6-15,22-23H,1-5H3,(H,26,30)/t22-,23-/m1/s1. The van der Waals surface area contributed by atoms with Crippen LogP contribution in [-0.2, 0) is 0 Å². The van der Waals surface area contributed by atoms with Crippen molar-refractivity contribution in [1.82, 2.24) is 19.8 Å². The summed E-state index contributed by atoms with van der Waals surface area (Å²) in [4.78, 5) is 6.93. The van der Waals surface area contributed by atoms with E-state index in [0.717, 1.165) is 22.2 Å². The van der Waals surface area contributed by atoms with E-state index in [1.54, 1.807) is 7.11 Å². The van der Waals surface area contributed by atoms with E-state index >= 15 is 0 Å². The monoisotopic (exact) mass is 420 g/mol. The first kappa shape index (κ1) is 20.4. The number of hydrogen-bond acceptors (Lipinski definition) is 3. The normalized spacial score (nSPS) is 18.7. The summed E-state index contributed by atoms with van der Waals surface area (Å²) in [5.74, 6) is 0.855. The minimum Gasteiger partial charge on any atom is -0.497 e. The molecule has 1 aliphatic heterocycles. The number of nitrogens with zero attached hydrogens (tertiary/aromatic N) is 3. The highest BCUT2D eigenvalue weighted by atomic mass is 32.1. The van der Waals surface area contributed by atoms with Gasteiger partial charge in [0.2, 0.25) is 0 Å². The number of hydrogen-bond donors (Lipinski definition) is 1. The SMILES string of the molecule is COc1ccc(-n2c(C)cc([C@@H]3[C@@H](c4ccccn4)NC(=S)N3C(C)C)c2C)cc1. The molecule has 3 aromatic rings. The van der Waals surface area contributed by atoms with Crippen molar-refractivity contribution in [3.63, 3.8) is 0 Å². The Morgan fingerprint density at radius 1 is 1.10 bits per heavy atom. The molecule has 1 fully saturated rings. The predicted molar refractivity (Wildman–Crippen MR) is 124 cm³/mol. The fraction of sp³-hybridized carbons (Fsp3) is 0.333. The molecular formula is C24H28N4OS. The number of rotatable bonds is 5. The van der Waals surface area contributed by atoms with Gasteiger partial charge >= 0.3 is 0 Å². The first-order chi connectivity index (χ1) is 14.4. The lowest BCUT2D eigenvalue weighted by Gasteiger charge is -2.31. The molecule has 2 atom stereocenters. The van der Waals surface area contributed by atoms with Crippen LogP contribution in [0.4, 0.5) is 0 Å². The van der Waals surface area contributed by atoms with Gasteiger partial charge in [0.1, 0.15) is 5.75 Å². The van der Waals surface area contributed by atoms with Crippen molar-refractivity contribution in [2.45, 2.75) is 45.8 Å². The average molecular weight is 421 g/mol. The van der Waals surface area contributed by atoms with Gasteiger partial charge in [0.25, 0.3) is 0 Å². The topological polar surface area (TPSA) is 42.3 Å². The summed E-state index contributed by atoms with van der Waals surface area (Å²) in [5.41, 5.74) is 5.79. The molecule has 0 radical (unpaired) electrons. The fourth-order valence-corrected chi connectivity index (χ4v) is 4.92. The van der Waals surface area contributed by atoms with Gasteiger partial charge in [-0.15, -0.1) is 0 Å². The second-order valence-electron chi connectivity index (χ2n) is 7.99. The molecule has 0 amide bonds. The zero-order chi connectivity index (χ0) is 21.4. The molecule has 1 aromatic carbocycles. The van der Waals surface area contributed by atoms with E-state index in [0.29, 0.717) is 0 Å². The minimum atomic E-state index is 0.00548. The molecule has 156 valence electrons. The summed E-state index contributed by atoms with van der Waals surface area (Å²) >= 11 is 5.74. The van der Waals surface area contributed by atoms with Crippen LogP contribution in [0.15, 0.2) is 54.7 Å². The first-order valence-corrected chi connectivity index (χ1v) is 10.7. The van der Waals surface area contributed by atoms with Gasteiger partial charge < -0.3 is 19.5 Å². The van der Waals surface area contributed by atoms with Crippen molar-refractivity contribution in [2.75, 3.05) is 7.11 Å². The molecule has 30 heavy (non-hydrogen) atoms. The van der Waals surface area contributed by atoms with Crippen LogP contribution in [0.2, 0.25) is 0 Å². The van der Waals surface area contributed by atoms with Crippen molar-refractivity contribution in [3.8, 4) is 11.4 Å². The lowest BCUT2D eigenvalue weighted by molar-refractivity contribution is 0.269. The maximum Gasteiger partial charge on any atom is 0.170 e. The molecule has 0 aliphatic carbocycles. The number of aromatic nitrogens is 2. The quantitative estimate of drug-likeness (QED) is 0.596. The number of aryl methyl sites for hydroxylation is 1. The molecule has 5 nitrogen and oxygen atoms in total. The van der Waals surface area contributed by atoms with Crippen LogP contribution in [0.1, 0.15) is 48.6 Å². The van der Waals surface area contributed by atoms with Crippen LogP contribution in [0.25, 0.3) is 5.69 Å². The highest BCUT2D eigenvalue weighted by molar-refractivity contribution is 7.80. The molecule has 1 N–H and O–H groups in total. The van der Waals surface area contributed by atoms with Gasteiger partial charge in [-0.2, -0.15) is 0 Å².